The number of amides is 1. The number of ether oxygens (including phenoxy) is 1. The molecule has 1 aromatic rings. The first-order valence-electron chi connectivity index (χ1n) is 9.10. The van der Waals surface area contributed by atoms with E-state index in [2.05, 4.69) is 23.1 Å². The van der Waals surface area contributed by atoms with E-state index in [9.17, 15) is 4.79 Å². The number of carbonyl (C=O) groups is 1. The molecule has 0 N–H and O–H groups in total. The summed E-state index contributed by atoms with van der Waals surface area (Å²) in [5.74, 6) is 1.94. The number of benzene rings is 1. The first kappa shape index (κ1) is 15.7. The second-order valence-corrected chi connectivity index (χ2v) is 7.38. The zero-order valence-electron chi connectivity index (χ0n) is 14.4. The Balaban J connectivity index is 1.42. The Labute approximate surface area is 144 Å². The highest BCUT2D eigenvalue weighted by atomic mass is 16.5. The highest BCUT2D eigenvalue weighted by Crippen LogP contribution is 2.31. The topological polar surface area (TPSA) is 32.8 Å². The molecule has 3 heterocycles. The highest BCUT2D eigenvalue weighted by Gasteiger charge is 2.35. The van der Waals surface area contributed by atoms with Crippen LogP contribution in [0.5, 0.6) is 5.75 Å². The summed E-state index contributed by atoms with van der Waals surface area (Å²) in [5, 5.41) is 0. The Hall–Kier alpha value is -1.81. The standard InChI is InChI=1S/C20H26N2O2/c1-21-18-9-10-22(13-17(18)6-4-8-20(21)23)12-15-11-16-5-2-3-7-19(16)24-14-15/h2-3,5,7,11,17-18H,4,6,8-10,12-14H2,1H3/t17-,18+/m0/s1. The number of para-hydroxylation sites is 1. The van der Waals surface area contributed by atoms with Gasteiger partial charge in [0, 0.05) is 44.7 Å². The molecule has 0 saturated carbocycles. The molecule has 0 unspecified atom stereocenters. The maximum atomic E-state index is 12.1. The van der Waals surface area contributed by atoms with Crippen LogP contribution in [-0.4, -0.2) is 55.0 Å². The number of nitrogens with zero attached hydrogens (tertiary/aromatic N) is 2. The van der Waals surface area contributed by atoms with Gasteiger partial charge in [-0.2, -0.15) is 0 Å². The molecule has 3 aliphatic rings. The Morgan fingerprint density at radius 2 is 2.12 bits per heavy atom. The van der Waals surface area contributed by atoms with Crippen LogP contribution in [0.4, 0.5) is 0 Å². The fourth-order valence-electron chi connectivity index (χ4n) is 4.45. The summed E-state index contributed by atoms with van der Waals surface area (Å²) < 4.78 is 5.89. The van der Waals surface area contributed by atoms with Crippen molar-refractivity contribution in [2.75, 3.05) is 33.3 Å². The van der Waals surface area contributed by atoms with E-state index in [0.29, 0.717) is 24.5 Å². The van der Waals surface area contributed by atoms with E-state index in [0.717, 1.165) is 44.6 Å². The lowest BCUT2D eigenvalue weighted by atomic mass is 9.88. The molecule has 1 aromatic carbocycles. The van der Waals surface area contributed by atoms with Gasteiger partial charge in [0.15, 0.2) is 0 Å². The van der Waals surface area contributed by atoms with Crippen molar-refractivity contribution in [2.24, 2.45) is 5.92 Å². The summed E-state index contributed by atoms with van der Waals surface area (Å²) in [7, 11) is 2.00. The van der Waals surface area contributed by atoms with Gasteiger partial charge in [-0.15, -0.1) is 0 Å². The minimum Gasteiger partial charge on any atom is -0.489 e. The van der Waals surface area contributed by atoms with Crippen LogP contribution in [0.3, 0.4) is 0 Å². The van der Waals surface area contributed by atoms with Gasteiger partial charge in [0.25, 0.3) is 0 Å². The lowest BCUT2D eigenvalue weighted by molar-refractivity contribution is -0.132. The fourth-order valence-corrected chi connectivity index (χ4v) is 4.45. The van der Waals surface area contributed by atoms with Gasteiger partial charge in [0.05, 0.1) is 0 Å². The van der Waals surface area contributed by atoms with Gasteiger partial charge >= 0.3 is 0 Å². The molecule has 2 fully saturated rings. The van der Waals surface area contributed by atoms with E-state index in [1.54, 1.807) is 0 Å². The number of carbonyl (C=O) groups excluding carboxylic acids is 1. The molecule has 4 nitrogen and oxygen atoms in total. The number of piperidine rings is 1. The van der Waals surface area contributed by atoms with Crippen LogP contribution in [0.1, 0.15) is 31.2 Å². The van der Waals surface area contributed by atoms with Crippen LogP contribution >= 0.6 is 0 Å². The van der Waals surface area contributed by atoms with E-state index < -0.39 is 0 Å². The zero-order valence-corrected chi connectivity index (χ0v) is 14.4. The molecule has 1 amide bonds. The molecule has 2 atom stereocenters. The second kappa shape index (κ2) is 6.60. The van der Waals surface area contributed by atoms with E-state index >= 15 is 0 Å². The van der Waals surface area contributed by atoms with Crippen molar-refractivity contribution in [2.45, 2.75) is 31.7 Å². The van der Waals surface area contributed by atoms with Gasteiger partial charge in [0.2, 0.25) is 5.91 Å². The smallest absolute Gasteiger partial charge is 0.222 e. The Kier molecular flexibility index (Phi) is 4.31. The van der Waals surface area contributed by atoms with E-state index in [1.165, 1.54) is 17.6 Å². The molecule has 128 valence electrons. The molecule has 0 aliphatic carbocycles. The molecule has 0 bridgehead atoms. The van der Waals surface area contributed by atoms with E-state index in [-0.39, 0.29) is 0 Å². The zero-order chi connectivity index (χ0) is 16.5. The number of rotatable bonds is 2. The van der Waals surface area contributed by atoms with Gasteiger partial charge in [-0.05, 0) is 42.9 Å². The van der Waals surface area contributed by atoms with Crippen LogP contribution in [0.25, 0.3) is 6.08 Å². The van der Waals surface area contributed by atoms with Crippen molar-refractivity contribution in [1.82, 2.24) is 9.80 Å². The molecule has 0 aromatic heterocycles. The van der Waals surface area contributed by atoms with Crippen LogP contribution in [-0.2, 0) is 4.79 Å². The van der Waals surface area contributed by atoms with E-state index in [1.807, 2.05) is 24.1 Å². The molecule has 4 rings (SSSR count). The normalized spacial score (nSPS) is 27.6. The molecule has 24 heavy (non-hydrogen) atoms. The number of hydrogen-bond donors (Lipinski definition) is 0. The fraction of sp³-hybridized carbons (Fsp3) is 0.550. The summed E-state index contributed by atoms with van der Waals surface area (Å²) in [6.45, 7) is 3.84. The quantitative estimate of drug-likeness (QED) is 0.838. The molecular formula is C20H26N2O2. The number of likely N-dealkylation sites (tertiary alicyclic amines) is 2. The molecular weight excluding hydrogens is 300 g/mol. The summed E-state index contributed by atoms with van der Waals surface area (Å²) in [4.78, 5) is 16.6. The Bertz CT molecular complexity index is 655. The first-order chi connectivity index (χ1) is 11.7. The Morgan fingerprint density at radius 1 is 1.25 bits per heavy atom. The maximum absolute atomic E-state index is 12.1. The summed E-state index contributed by atoms with van der Waals surface area (Å²) >= 11 is 0. The number of fused-ring (bicyclic) bond motifs is 2. The lowest BCUT2D eigenvalue weighted by Crippen LogP contribution is -2.50. The van der Waals surface area contributed by atoms with Crippen LogP contribution in [0, 0.1) is 5.92 Å². The lowest BCUT2D eigenvalue weighted by Gasteiger charge is -2.41. The minimum atomic E-state index is 0.330. The van der Waals surface area contributed by atoms with Crippen LogP contribution < -0.4 is 4.74 Å². The monoisotopic (exact) mass is 326 g/mol. The maximum Gasteiger partial charge on any atom is 0.222 e. The second-order valence-electron chi connectivity index (χ2n) is 7.38. The third kappa shape index (κ3) is 3.07. The van der Waals surface area contributed by atoms with Gasteiger partial charge < -0.3 is 9.64 Å². The van der Waals surface area contributed by atoms with Crippen molar-refractivity contribution in [3.05, 3.63) is 35.4 Å². The van der Waals surface area contributed by atoms with Crippen molar-refractivity contribution in [3.63, 3.8) is 0 Å². The molecule has 3 aliphatic heterocycles. The SMILES string of the molecule is CN1C(=O)CCC[C@H]2CN(CC3=Cc4ccccc4OC3)CC[C@H]21. The van der Waals surface area contributed by atoms with Crippen molar-refractivity contribution >= 4 is 12.0 Å². The predicted molar refractivity (Wildman–Crippen MR) is 94.9 cm³/mol. The van der Waals surface area contributed by atoms with Gasteiger partial charge in [0.1, 0.15) is 12.4 Å². The van der Waals surface area contributed by atoms with Crippen LogP contribution in [0.15, 0.2) is 29.8 Å². The predicted octanol–water partition coefficient (Wildman–Crippen LogP) is 2.80. The van der Waals surface area contributed by atoms with Gasteiger partial charge in [-0.3, -0.25) is 9.69 Å². The largest absolute Gasteiger partial charge is 0.489 e. The summed E-state index contributed by atoms with van der Waals surface area (Å²) in [5.41, 5.74) is 2.54. The summed E-state index contributed by atoms with van der Waals surface area (Å²) in [6, 6.07) is 8.67. The van der Waals surface area contributed by atoms with Crippen molar-refractivity contribution < 1.29 is 9.53 Å². The van der Waals surface area contributed by atoms with Crippen LogP contribution in [0.2, 0.25) is 0 Å². The highest BCUT2D eigenvalue weighted by molar-refractivity contribution is 5.76. The Morgan fingerprint density at radius 3 is 3.04 bits per heavy atom. The van der Waals surface area contributed by atoms with E-state index in [4.69, 9.17) is 4.74 Å². The first-order valence-corrected chi connectivity index (χ1v) is 9.10. The molecule has 2 saturated heterocycles. The third-order valence-electron chi connectivity index (χ3n) is 5.75. The molecule has 4 heteroatoms. The molecule has 0 radical (unpaired) electrons. The average molecular weight is 326 g/mol. The average Bonchev–Trinajstić information content (AvgIpc) is 2.74. The van der Waals surface area contributed by atoms with Crippen molar-refractivity contribution in [1.29, 1.82) is 0 Å². The van der Waals surface area contributed by atoms with Gasteiger partial charge in [-0.1, -0.05) is 18.2 Å². The summed E-state index contributed by atoms with van der Waals surface area (Å²) in [6.07, 6.45) is 6.32. The minimum absolute atomic E-state index is 0.330. The number of hydrogen-bond acceptors (Lipinski definition) is 3. The van der Waals surface area contributed by atoms with Gasteiger partial charge in [-0.25, -0.2) is 0 Å². The third-order valence-corrected chi connectivity index (χ3v) is 5.75. The molecule has 0 spiro atoms. The van der Waals surface area contributed by atoms with Crippen molar-refractivity contribution in [3.8, 4) is 5.75 Å².